The Morgan fingerprint density at radius 3 is 1.79 bits per heavy atom. The van der Waals surface area contributed by atoms with Crippen LogP contribution in [0.5, 0.6) is 0 Å². The largest absolute Gasteiger partial charge is 0.377 e. The molecule has 0 amide bonds. The number of hydrogen-bond donors (Lipinski definition) is 0. The third-order valence-electron chi connectivity index (χ3n) is 4.54. The Bertz CT molecular complexity index is 1250. The first kappa shape index (κ1) is 23.9. The van der Waals surface area contributed by atoms with E-state index in [1.807, 2.05) is 6.92 Å². The maximum absolute atomic E-state index is 14.5. The maximum Gasteiger partial charge on any atom is 0.144 e. The second kappa shape index (κ2) is 10.2. The van der Waals surface area contributed by atoms with E-state index in [0.29, 0.717) is 18.7 Å². The summed E-state index contributed by atoms with van der Waals surface area (Å²) >= 11 is 0. The number of benzene rings is 3. The molecular formula is C25H15F6NO. The van der Waals surface area contributed by atoms with Gasteiger partial charge in [0.15, 0.2) is 0 Å². The van der Waals surface area contributed by atoms with Crippen molar-refractivity contribution in [3.63, 3.8) is 0 Å². The average Bonchev–Trinajstić information content (AvgIpc) is 2.73. The number of halogens is 6. The van der Waals surface area contributed by atoms with Gasteiger partial charge in [-0.25, -0.2) is 26.3 Å². The van der Waals surface area contributed by atoms with E-state index in [1.165, 1.54) is 6.07 Å². The fourth-order valence-electron chi connectivity index (χ4n) is 3.04. The fraction of sp³-hybridized carbons (Fsp3) is 0.160. The second-order valence-electron chi connectivity index (χ2n) is 6.98. The Morgan fingerprint density at radius 2 is 1.27 bits per heavy atom. The smallest absolute Gasteiger partial charge is 0.144 e. The van der Waals surface area contributed by atoms with Crippen molar-refractivity contribution < 1.29 is 31.1 Å². The van der Waals surface area contributed by atoms with E-state index < -0.39 is 57.2 Å². The van der Waals surface area contributed by atoms with Gasteiger partial charge in [0.2, 0.25) is 0 Å². The number of rotatable bonds is 5. The molecule has 0 saturated heterocycles. The molecule has 0 bridgehead atoms. The van der Waals surface area contributed by atoms with Crippen LogP contribution in [0.25, 0.3) is 11.1 Å². The average molecular weight is 459 g/mol. The van der Waals surface area contributed by atoms with Crippen LogP contribution in [0.15, 0.2) is 36.4 Å². The molecule has 0 aliphatic heterocycles. The van der Waals surface area contributed by atoms with Crippen molar-refractivity contribution in [2.24, 2.45) is 0 Å². The number of hydrogen-bond acceptors (Lipinski definition) is 2. The highest BCUT2D eigenvalue weighted by Gasteiger charge is 2.18. The van der Waals surface area contributed by atoms with Gasteiger partial charge in [0.1, 0.15) is 46.5 Å². The van der Waals surface area contributed by atoms with Gasteiger partial charge in [-0.2, -0.15) is 5.26 Å². The van der Waals surface area contributed by atoms with Gasteiger partial charge in [-0.05, 0) is 53.9 Å². The van der Waals surface area contributed by atoms with E-state index in [2.05, 4.69) is 11.8 Å². The molecule has 0 radical (unpaired) electrons. The molecule has 0 atom stereocenters. The Kier molecular flexibility index (Phi) is 7.42. The third-order valence-corrected chi connectivity index (χ3v) is 4.54. The van der Waals surface area contributed by atoms with E-state index in [4.69, 9.17) is 10.00 Å². The summed E-state index contributed by atoms with van der Waals surface area (Å²) in [5.41, 5.74) is -2.65. The summed E-state index contributed by atoms with van der Waals surface area (Å²) in [6, 6.07) is 6.22. The molecule has 33 heavy (non-hydrogen) atoms. The normalized spacial score (nSPS) is 10.5. The minimum atomic E-state index is -1.27. The van der Waals surface area contributed by atoms with Crippen LogP contribution in [-0.2, 0) is 11.3 Å². The lowest BCUT2D eigenvalue weighted by Crippen LogP contribution is -1.99. The summed E-state index contributed by atoms with van der Waals surface area (Å²) < 4.78 is 90.5. The van der Waals surface area contributed by atoms with E-state index in [9.17, 15) is 26.3 Å². The zero-order chi connectivity index (χ0) is 24.1. The lowest BCUT2D eigenvalue weighted by molar-refractivity contribution is 0.121. The second-order valence-corrected chi connectivity index (χ2v) is 6.98. The fourth-order valence-corrected chi connectivity index (χ4v) is 3.04. The Labute approximate surface area is 186 Å². The highest BCUT2D eigenvalue weighted by atomic mass is 19.2. The van der Waals surface area contributed by atoms with Gasteiger partial charge in [-0.3, -0.25) is 0 Å². The SMILES string of the molecule is CCCOCc1cc(F)c(C#Cc2cc(F)c(-c3cc(F)c(C#N)c(F)c3)c(F)c2)c(F)c1. The maximum atomic E-state index is 14.5. The van der Waals surface area contributed by atoms with Gasteiger partial charge in [0.05, 0.1) is 17.7 Å². The highest BCUT2D eigenvalue weighted by molar-refractivity contribution is 5.67. The first-order valence-corrected chi connectivity index (χ1v) is 9.71. The van der Waals surface area contributed by atoms with Gasteiger partial charge >= 0.3 is 0 Å². The zero-order valence-electron chi connectivity index (χ0n) is 17.2. The van der Waals surface area contributed by atoms with Crippen molar-refractivity contribution in [2.45, 2.75) is 20.0 Å². The molecule has 0 aromatic heterocycles. The molecule has 0 saturated carbocycles. The van der Waals surface area contributed by atoms with E-state index in [1.54, 1.807) is 0 Å². The monoisotopic (exact) mass is 459 g/mol. The number of ether oxygens (including phenoxy) is 1. The van der Waals surface area contributed by atoms with Gasteiger partial charge in [-0.1, -0.05) is 18.8 Å². The van der Waals surface area contributed by atoms with Crippen LogP contribution >= 0.6 is 0 Å². The molecule has 8 heteroatoms. The number of nitrogens with zero attached hydrogens (tertiary/aromatic N) is 1. The van der Waals surface area contributed by atoms with Crippen LogP contribution in [0, 0.1) is 58.1 Å². The van der Waals surface area contributed by atoms with Gasteiger partial charge < -0.3 is 4.74 Å². The highest BCUT2D eigenvalue weighted by Crippen LogP contribution is 2.30. The summed E-state index contributed by atoms with van der Waals surface area (Å²) in [5, 5.41) is 8.71. The van der Waals surface area contributed by atoms with Crippen LogP contribution in [0.4, 0.5) is 26.3 Å². The van der Waals surface area contributed by atoms with Crippen molar-refractivity contribution in [2.75, 3.05) is 6.61 Å². The zero-order valence-corrected chi connectivity index (χ0v) is 17.2. The van der Waals surface area contributed by atoms with E-state index >= 15 is 0 Å². The molecule has 0 aliphatic carbocycles. The molecule has 0 aliphatic rings. The van der Waals surface area contributed by atoms with Crippen molar-refractivity contribution in [1.29, 1.82) is 5.26 Å². The molecule has 0 heterocycles. The van der Waals surface area contributed by atoms with E-state index in [-0.39, 0.29) is 17.7 Å². The van der Waals surface area contributed by atoms with Gasteiger partial charge in [0.25, 0.3) is 0 Å². The van der Waals surface area contributed by atoms with Crippen LogP contribution in [0.3, 0.4) is 0 Å². The van der Waals surface area contributed by atoms with Gasteiger partial charge in [-0.15, -0.1) is 0 Å². The molecule has 0 N–H and O–H groups in total. The molecule has 3 rings (SSSR count). The standard InChI is InChI=1S/C25H15F6NO/c1-2-5-33-13-15-8-19(26)17(20(27)9-15)4-3-14-6-23(30)25(24(31)7-14)16-10-21(28)18(12-32)22(29)11-16/h6-11H,2,5,13H2,1H3. The molecule has 3 aromatic rings. The molecule has 3 aromatic carbocycles. The molecule has 2 nitrogen and oxygen atoms in total. The molecule has 0 fully saturated rings. The summed E-state index contributed by atoms with van der Waals surface area (Å²) in [6.45, 7) is 2.34. The van der Waals surface area contributed by atoms with Crippen LogP contribution < -0.4 is 0 Å². The van der Waals surface area contributed by atoms with Crippen molar-refractivity contribution in [1.82, 2.24) is 0 Å². The predicted molar refractivity (Wildman–Crippen MR) is 109 cm³/mol. The van der Waals surface area contributed by atoms with Crippen LogP contribution in [0.2, 0.25) is 0 Å². The third kappa shape index (κ3) is 5.36. The summed E-state index contributed by atoms with van der Waals surface area (Å²) in [4.78, 5) is 0. The number of nitriles is 1. The molecule has 168 valence electrons. The topological polar surface area (TPSA) is 33.0 Å². The Hall–Kier alpha value is -3.75. The van der Waals surface area contributed by atoms with Crippen LogP contribution in [-0.4, -0.2) is 6.61 Å². The summed E-state index contributed by atoms with van der Waals surface area (Å²) in [6.07, 6.45) is 0.746. The Balaban J connectivity index is 1.94. The lowest BCUT2D eigenvalue weighted by atomic mass is 10.00. The predicted octanol–water partition coefficient (Wildman–Crippen LogP) is 6.39. The summed E-state index contributed by atoms with van der Waals surface area (Å²) in [5.74, 6) is -2.38. The first-order valence-electron chi connectivity index (χ1n) is 9.71. The Morgan fingerprint density at radius 1 is 0.727 bits per heavy atom. The van der Waals surface area contributed by atoms with E-state index in [0.717, 1.165) is 30.7 Å². The van der Waals surface area contributed by atoms with Crippen LogP contribution in [0.1, 0.15) is 35.6 Å². The summed E-state index contributed by atoms with van der Waals surface area (Å²) in [7, 11) is 0. The lowest BCUT2D eigenvalue weighted by Gasteiger charge is -2.08. The van der Waals surface area contributed by atoms with Gasteiger partial charge in [0, 0.05) is 12.2 Å². The quantitative estimate of drug-likeness (QED) is 0.252. The molecule has 0 spiro atoms. The molecular weight excluding hydrogens is 444 g/mol. The minimum absolute atomic E-state index is 0.0177. The van der Waals surface area contributed by atoms with Crippen molar-refractivity contribution in [3.8, 4) is 29.0 Å². The minimum Gasteiger partial charge on any atom is -0.377 e. The van der Waals surface area contributed by atoms with Crippen molar-refractivity contribution in [3.05, 3.63) is 93.6 Å². The van der Waals surface area contributed by atoms with Crippen molar-refractivity contribution >= 4 is 0 Å². The molecule has 0 unspecified atom stereocenters. The first-order chi connectivity index (χ1) is 15.7.